The first-order valence-corrected chi connectivity index (χ1v) is 7.60. The topological polar surface area (TPSA) is 78.9 Å². The zero-order valence-electron chi connectivity index (χ0n) is 9.69. The molecule has 18 heavy (non-hydrogen) atoms. The van der Waals surface area contributed by atoms with Crippen LogP contribution >= 0.6 is 43.2 Å². The van der Waals surface area contributed by atoms with Gasteiger partial charge in [-0.05, 0) is 44.3 Å². The van der Waals surface area contributed by atoms with E-state index in [9.17, 15) is 4.79 Å². The number of amides is 1. The van der Waals surface area contributed by atoms with Crippen molar-refractivity contribution in [2.45, 2.75) is 13.3 Å². The van der Waals surface area contributed by atoms with Crippen LogP contribution in [0.5, 0.6) is 0 Å². The number of halogens is 2. The zero-order valence-corrected chi connectivity index (χ0v) is 13.7. The summed E-state index contributed by atoms with van der Waals surface area (Å²) < 4.78 is 1.71. The Kier molecular flexibility index (Phi) is 6.10. The van der Waals surface area contributed by atoms with Crippen molar-refractivity contribution in [3.63, 3.8) is 0 Å². The number of hydrogen-bond donors (Lipinski definition) is 2. The van der Waals surface area contributed by atoms with E-state index in [1.807, 2.05) is 6.92 Å². The normalized spacial score (nSPS) is 11.6. The molecule has 1 rings (SSSR count). The molecule has 0 aliphatic rings. The summed E-state index contributed by atoms with van der Waals surface area (Å²) in [6.07, 6.45) is 0.804. The van der Waals surface area contributed by atoms with Crippen LogP contribution in [0.4, 0.5) is 0 Å². The molecule has 0 fully saturated rings. The van der Waals surface area contributed by atoms with Crippen LogP contribution in [0.25, 0.3) is 0 Å². The molecule has 0 unspecified atom stereocenters. The maximum atomic E-state index is 12.3. The van der Waals surface area contributed by atoms with Crippen molar-refractivity contribution >= 4 is 54.9 Å². The second-order valence-corrected chi connectivity index (χ2v) is 6.77. The molecule has 0 aliphatic heterocycles. The van der Waals surface area contributed by atoms with Gasteiger partial charge in [-0.25, -0.2) is 0 Å². The zero-order chi connectivity index (χ0) is 13.7. The van der Waals surface area contributed by atoms with Gasteiger partial charge in [-0.1, -0.05) is 12.1 Å². The van der Waals surface area contributed by atoms with Crippen LogP contribution in [0, 0.1) is 0 Å². The molecule has 0 atom stereocenters. The van der Waals surface area contributed by atoms with Gasteiger partial charge in [0.25, 0.3) is 5.91 Å². The summed E-state index contributed by atoms with van der Waals surface area (Å²) >= 11 is 8.04. The second-order valence-electron chi connectivity index (χ2n) is 3.55. The van der Waals surface area contributed by atoms with Crippen LogP contribution in [0.2, 0.25) is 0 Å². The van der Waals surface area contributed by atoms with Gasteiger partial charge in [-0.2, -0.15) is 0 Å². The Bertz CT molecular complexity index is 442. The highest BCUT2D eigenvalue weighted by Crippen LogP contribution is 2.32. The minimum Gasteiger partial charge on any atom is -0.409 e. The van der Waals surface area contributed by atoms with Gasteiger partial charge in [0, 0.05) is 11.0 Å². The number of hydrogen-bond acceptors (Lipinski definition) is 4. The average molecular weight is 399 g/mol. The number of carbonyl (C=O) groups is 1. The monoisotopic (exact) mass is 397 g/mol. The lowest BCUT2D eigenvalue weighted by molar-refractivity contribution is 0.0783. The number of rotatable bonds is 5. The molecule has 100 valence electrons. The molecule has 1 aromatic heterocycles. The third kappa shape index (κ3) is 3.96. The van der Waals surface area contributed by atoms with Crippen molar-refractivity contribution in [1.82, 2.24) is 4.90 Å². The molecule has 1 heterocycles. The minimum absolute atomic E-state index is 0.0199. The van der Waals surface area contributed by atoms with E-state index in [1.165, 1.54) is 11.3 Å². The Morgan fingerprint density at radius 3 is 2.72 bits per heavy atom. The highest BCUT2D eigenvalue weighted by atomic mass is 79.9. The van der Waals surface area contributed by atoms with Crippen LogP contribution in [-0.4, -0.2) is 34.9 Å². The second kappa shape index (κ2) is 7.10. The van der Waals surface area contributed by atoms with E-state index < -0.39 is 0 Å². The first-order chi connectivity index (χ1) is 8.49. The highest BCUT2D eigenvalue weighted by molar-refractivity contribution is 9.13. The molecule has 0 radical (unpaired) electrons. The first-order valence-electron chi connectivity index (χ1n) is 5.20. The van der Waals surface area contributed by atoms with Crippen molar-refractivity contribution in [2.75, 3.05) is 13.1 Å². The van der Waals surface area contributed by atoms with Crippen molar-refractivity contribution in [3.05, 3.63) is 19.2 Å². The summed E-state index contributed by atoms with van der Waals surface area (Å²) in [7, 11) is 0. The fourth-order valence-corrected chi connectivity index (χ4v) is 3.36. The Hall–Kier alpha value is -0.600. The van der Waals surface area contributed by atoms with Crippen molar-refractivity contribution in [3.8, 4) is 0 Å². The van der Waals surface area contributed by atoms with Crippen LogP contribution in [0.1, 0.15) is 23.0 Å². The van der Waals surface area contributed by atoms with E-state index >= 15 is 0 Å². The van der Waals surface area contributed by atoms with Crippen LogP contribution in [0.15, 0.2) is 19.5 Å². The third-order valence-electron chi connectivity index (χ3n) is 2.12. The molecule has 5 nitrogen and oxygen atoms in total. The summed E-state index contributed by atoms with van der Waals surface area (Å²) in [6.45, 7) is 2.64. The van der Waals surface area contributed by atoms with Gasteiger partial charge in [0.2, 0.25) is 0 Å². The third-order valence-corrected chi connectivity index (χ3v) is 5.36. The van der Waals surface area contributed by atoms with Crippen LogP contribution in [-0.2, 0) is 0 Å². The number of oxime groups is 1. The maximum Gasteiger partial charge on any atom is 0.264 e. The number of nitrogens with zero attached hydrogens (tertiary/aromatic N) is 2. The predicted octanol–water partition coefficient (Wildman–Crippen LogP) is 2.87. The number of nitrogens with two attached hydrogens (primary N) is 1. The van der Waals surface area contributed by atoms with Gasteiger partial charge in [0.05, 0.1) is 15.2 Å². The van der Waals surface area contributed by atoms with E-state index in [0.29, 0.717) is 11.4 Å². The van der Waals surface area contributed by atoms with Gasteiger partial charge in [0.15, 0.2) is 5.84 Å². The standard InChI is InChI=1S/C10H13Br2N3O2S/c1-2-3-15(5-8(13)14-17)10(16)7-4-6(11)9(12)18-7/h4,17H,2-3,5H2,1H3,(H2,13,14). The number of thiophene rings is 1. The summed E-state index contributed by atoms with van der Waals surface area (Å²) in [5, 5.41) is 11.5. The van der Waals surface area contributed by atoms with Crippen molar-refractivity contribution in [2.24, 2.45) is 10.9 Å². The molecule has 8 heteroatoms. The highest BCUT2D eigenvalue weighted by Gasteiger charge is 2.19. The van der Waals surface area contributed by atoms with Gasteiger partial charge >= 0.3 is 0 Å². The van der Waals surface area contributed by atoms with Crippen molar-refractivity contribution < 1.29 is 10.0 Å². The van der Waals surface area contributed by atoms with Gasteiger partial charge in [-0.3, -0.25) is 4.79 Å². The molecule has 0 saturated heterocycles. The molecule has 0 aliphatic carbocycles. The van der Waals surface area contributed by atoms with E-state index in [2.05, 4.69) is 37.0 Å². The first kappa shape index (κ1) is 15.5. The Balaban J connectivity index is 2.88. The summed E-state index contributed by atoms with van der Waals surface area (Å²) in [4.78, 5) is 14.4. The van der Waals surface area contributed by atoms with Crippen LogP contribution in [0.3, 0.4) is 0 Å². The smallest absolute Gasteiger partial charge is 0.264 e. The molecule has 1 amide bonds. The molecule has 0 saturated carbocycles. The van der Waals surface area contributed by atoms with Gasteiger partial charge in [0.1, 0.15) is 0 Å². The molecular weight excluding hydrogens is 386 g/mol. The van der Waals surface area contributed by atoms with E-state index in [-0.39, 0.29) is 18.3 Å². The van der Waals surface area contributed by atoms with E-state index in [1.54, 1.807) is 11.0 Å². The number of carbonyl (C=O) groups excluding carboxylic acids is 1. The summed E-state index contributed by atoms with van der Waals surface area (Å²) in [5.41, 5.74) is 5.45. The average Bonchev–Trinajstić information content (AvgIpc) is 2.68. The Morgan fingerprint density at radius 2 is 2.28 bits per heavy atom. The van der Waals surface area contributed by atoms with Gasteiger partial charge < -0.3 is 15.8 Å². The quantitative estimate of drug-likeness (QED) is 0.346. The van der Waals surface area contributed by atoms with Gasteiger partial charge in [-0.15, -0.1) is 11.3 Å². The predicted molar refractivity (Wildman–Crippen MR) is 79.3 cm³/mol. The molecule has 0 aromatic carbocycles. The molecule has 0 spiro atoms. The Labute approximate surface area is 126 Å². The van der Waals surface area contributed by atoms with E-state index in [4.69, 9.17) is 10.9 Å². The fraction of sp³-hybridized carbons (Fsp3) is 0.400. The lowest BCUT2D eigenvalue weighted by atomic mass is 10.3. The number of amidine groups is 1. The SMILES string of the molecule is CCCN(CC(N)=NO)C(=O)c1cc(Br)c(Br)s1. The van der Waals surface area contributed by atoms with E-state index in [0.717, 1.165) is 14.7 Å². The summed E-state index contributed by atoms with van der Waals surface area (Å²) in [5.74, 6) is -0.105. The fourth-order valence-electron chi connectivity index (χ4n) is 1.36. The minimum atomic E-state index is -0.125. The maximum absolute atomic E-state index is 12.3. The lowest BCUT2D eigenvalue weighted by Crippen LogP contribution is -2.38. The molecule has 1 aromatic rings. The van der Waals surface area contributed by atoms with Crippen molar-refractivity contribution in [1.29, 1.82) is 0 Å². The molecule has 3 N–H and O–H groups in total. The lowest BCUT2D eigenvalue weighted by Gasteiger charge is -2.20. The molecular formula is C10H13Br2N3O2S. The van der Waals surface area contributed by atoms with Crippen LogP contribution < -0.4 is 5.73 Å². The summed E-state index contributed by atoms with van der Waals surface area (Å²) in [6, 6.07) is 1.76. The Morgan fingerprint density at radius 1 is 1.61 bits per heavy atom. The largest absolute Gasteiger partial charge is 0.409 e. The molecule has 0 bridgehead atoms.